The first-order valence-corrected chi connectivity index (χ1v) is 4.57. The lowest BCUT2D eigenvalue weighted by atomic mass is 10.4. The van der Waals surface area contributed by atoms with Crippen molar-refractivity contribution in [3.05, 3.63) is 22.6 Å². The van der Waals surface area contributed by atoms with Crippen molar-refractivity contribution >= 4 is 21.8 Å². The van der Waals surface area contributed by atoms with Crippen LogP contribution in [0.4, 0.5) is 8.78 Å². The van der Waals surface area contributed by atoms with Crippen LogP contribution in [0.2, 0.25) is 0 Å². The van der Waals surface area contributed by atoms with Gasteiger partial charge in [-0.2, -0.15) is 8.78 Å². The molecule has 14 heavy (non-hydrogen) atoms. The Kier molecular flexibility index (Phi) is 3.62. The summed E-state index contributed by atoms with van der Waals surface area (Å²) in [6.45, 7) is 0.0365. The van der Waals surface area contributed by atoms with Gasteiger partial charge in [-0.1, -0.05) is 0 Å². The lowest BCUT2D eigenvalue weighted by molar-refractivity contribution is -0.142. The third-order valence-corrected chi connectivity index (χ3v) is 2.01. The normalized spacial score (nSPS) is 10.6. The maximum Gasteiger partial charge on any atom is 0.315 e. The summed E-state index contributed by atoms with van der Waals surface area (Å²) in [6.07, 6.45) is -2.97. The molecule has 0 aliphatic heterocycles. The van der Waals surface area contributed by atoms with E-state index in [0.29, 0.717) is 10.4 Å². The van der Waals surface area contributed by atoms with Gasteiger partial charge in [0.15, 0.2) is 4.67 Å². The maximum atomic E-state index is 12.0. The Hall–Kier alpha value is -0.910. The zero-order valence-electron chi connectivity index (χ0n) is 7.34. The van der Waals surface area contributed by atoms with Gasteiger partial charge in [0, 0.05) is 7.05 Å². The summed E-state index contributed by atoms with van der Waals surface area (Å²) in [6, 6.07) is 3.25. The molecule has 0 atom stereocenters. The van der Waals surface area contributed by atoms with Crippen LogP contribution in [-0.2, 0) is 11.3 Å². The number of hydrogen-bond acceptors (Lipinski definition) is 2. The van der Waals surface area contributed by atoms with Crippen molar-refractivity contribution in [1.29, 1.82) is 0 Å². The van der Waals surface area contributed by atoms with E-state index in [0.717, 1.165) is 4.90 Å². The van der Waals surface area contributed by atoms with E-state index in [1.54, 1.807) is 12.1 Å². The lowest BCUT2D eigenvalue weighted by Gasteiger charge is -2.14. The Morgan fingerprint density at radius 1 is 1.64 bits per heavy atom. The highest BCUT2D eigenvalue weighted by atomic mass is 79.9. The second kappa shape index (κ2) is 4.54. The van der Waals surface area contributed by atoms with Crippen molar-refractivity contribution in [1.82, 2.24) is 4.90 Å². The highest BCUT2D eigenvalue weighted by Gasteiger charge is 2.20. The molecule has 0 aliphatic rings. The van der Waals surface area contributed by atoms with Crippen molar-refractivity contribution in [2.75, 3.05) is 7.05 Å². The Morgan fingerprint density at radius 3 is 2.71 bits per heavy atom. The number of carbonyl (C=O) groups excluding carboxylic acids is 1. The van der Waals surface area contributed by atoms with Gasteiger partial charge in [-0.05, 0) is 28.1 Å². The highest BCUT2D eigenvalue weighted by molar-refractivity contribution is 9.10. The molecule has 0 radical (unpaired) electrons. The molecule has 0 aromatic carbocycles. The SMILES string of the molecule is CN(Cc1ccc(Br)o1)C(=O)C(F)F. The Morgan fingerprint density at radius 2 is 2.29 bits per heavy atom. The third kappa shape index (κ3) is 2.80. The first kappa shape index (κ1) is 11.2. The third-order valence-electron chi connectivity index (χ3n) is 1.58. The van der Waals surface area contributed by atoms with Gasteiger partial charge < -0.3 is 9.32 Å². The van der Waals surface area contributed by atoms with E-state index in [9.17, 15) is 13.6 Å². The second-order valence-electron chi connectivity index (χ2n) is 2.70. The van der Waals surface area contributed by atoms with E-state index < -0.39 is 12.3 Å². The Labute approximate surface area is 87.8 Å². The topological polar surface area (TPSA) is 33.5 Å². The van der Waals surface area contributed by atoms with Gasteiger partial charge in [0.2, 0.25) is 0 Å². The zero-order valence-corrected chi connectivity index (χ0v) is 8.92. The summed E-state index contributed by atoms with van der Waals surface area (Å²) < 4.78 is 29.5. The fourth-order valence-corrected chi connectivity index (χ4v) is 1.26. The lowest BCUT2D eigenvalue weighted by Crippen LogP contribution is -2.31. The van der Waals surface area contributed by atoms with E-state index >= 15 is 0 Å². The number of nitrogens with zero attached hydrogens (tertiary/aromatic N) is 1. The molecule has 0 unspecified atom stereocenters. The number of alkyl halides is 2. The van der Waals surface area contributed by atoms with Crippen molar-refractivity contribution in [2.24, 2.45) is 0 Å². The van der Waals surface area contributed by atoms with Crippen LogP contribution >= 0.6 is 15.9 Å². The summed E-state index contributed by atoms with van der Waals surface area (Å²) in [4.78, 5) is 11.7. The average Bonchev–Trinajstić information content (AvgIpc) is 2.49. The fraction of sp³-hybridized carbons (Fsp3) is 0.375. The molecule has 78 valence electrons. The molecule has 1 aromatic rings. The summed E-state index contributed by atoms with van der Waals surface area (Å²) >= 11 is 3.07. The summed E-state index contributed by atoms with van der Waals surface area (Å²) in [5.41, 5.74) is 0. The predicted molar refractivity (Wildman–Crippen MR) is 48.9 cm³/mol. The van der Waals surface area contributed by atoms with Crippen molar-refractivity contribution in [3.63, 3.8) is 0 Å². The van der Waals surface area contributed by atoms with E-state index in [1.807, 2.05) is 0 Å². The van der Waals surface area contributed by atoms with Crippen LogP contribution < -0.4 is 0 Å². The fourth-order valence-electron chi connectivity index (χ4n) is 0.915. The minimum absolute atomic E-state index is 0.0365. The molecule has 6 heteroatoms. The van der Waals surface area contributed by atoms with Gasteiger partial charge in [-0.25, -0.2) is 0 Å². The van der Waals surface area contributed by atoms with Crippen molar-refractivity contribution in [3.8, 4) is 0 Å². The molecular weight excluding hydrogens is 260 g/mol. The maximum absolute atomic E-state index is 12.0. The minimum atomic E-state index is -2.97. The standard InChI is InChI=1S/C8H8BrF2NO2/c1-12(8(13)7(10)11)4-5-2-3-6(9)14-5/h2-3,7H,4H2,1H3. The first-order valence-electron chi connectivity index (χ1n) is 3.78. The Bertz CT molecular complexity index is 327. The predicted octanol–water partition coefficient (Wildman–Crippen LogP) is 2.27. The van der Waals surface area contributed by atoms with Crippen molar-refractivity contribution < 1.29 is 18.0 Å². The molecular formula is C8H8BrF2NO2. The summed E-state index contributed by atoms with van der Waals surface area (Å²) in [5.74, 6) is -0.758. The number of rotatable bonds is 3. The van der Waals surface area contributed by atoms with Crippen LogP contribution in [-0.4, -0.2) is 24.3 Å². The van der Waals surface area contributed by atoms with E-state index in [4.69, 9.17) is 4.42 Å². The van der Waals surface area contributed by atoms with Crippen molar-refractivity contribution in [2.45, 2.75) is 13.0 Å². The largest absolute Gasteiger partial charge is 0.452 e. The van der Waals surface area contributed by atoms with Crippen LogP contribution in [0.3, 0.4) is 0 Å². The molecule has 1 aromatic heterocycles. The van der Waals surface area contributed by atoms with Gasteiger partial charge in [0.05, 0.1) is 6.54 Å². The molecule has 0 fully saturated rings. The van der Waals surface area contributed by atoms with Gasteiger partial charge >= 0.3 is 6.43 Å². The number of furan rings is 1. The number of carbonyl (C=O) groups is 1. The molecule has 0 spiro atoms. The number of halogens is 3. The van der Waals surface area contributed by atoms with E-state index in [1.165, 1.54) is 7.05 Å². The van der Waals surface area contributed by atoms with E-state index in [-0.39, 0.29) is 6.54 Å². The van der Waals surface area contributed by atoms with Gasteiger partial charge in [0.25, 0.3) is 5.91 Å². The molecule has 0 saturated heterocycles. The monoisotopic (exact) mass is 267 g/mol. The smallest absolute Gasteiger partial charge is 0.315 e. The van der Waals surface area contributed by atoms with E-state index in [2.05, 4.69) is 15.9 Å². The van der Waals surface area contributed by atoms with Crippen LogP contribution in [0.1, 0.15) is 5.76 Å². The van der Waals surface area contributed by atoms with Crippen LogP contribution in [0, 0.1) is 0 Å². The molecule has 0 bridgehead atoms. The molecule has 1 rings (SSSR count). The second-order valence-corrected chi connectivity index (χ2v) is 3.48. The van der Waals surface area contributed by atoms with Crippen LogP contribution in [0.5, 0.6) is 0 Å². The quantitative estimate of drug-likeness (QED) is 0.842. The summed E-state index contributed by atoms with van der Waals surface area (Å²) in [7, 11) is 1.30. The van der Waals surface area contributed by atoms with Crippen LogP contribution in [0.25, 0.3) is 0 Å². The van der Waals surface area contributed by atoms with Crippen LogP contribution in [0.15, 0.2) is 21.2 Å². The number of hydrogen-bond donors (Lipinski definition) is 0. The molecule has 1 heterocycles. The highest BCUT2D eigenvalue weighted by Crippen LogP contribution is 2.15. The minimum Gasteiger partial charge on any atom is -0.452 e. The molecule has 3 nitrogen and oxygen atoms in total. The summed E-state index contributed by atoms with van der Waals surface area (Å²) in [5, 5.41) is 0. The molecule has 0 saturated carbocycles. The van der Waals surface area contributed by atoms with Gasteiger partial charge in [-0.15, -0.1) is 0 Å². The molecule has 0 N–H and O–H groups in total. The van der Waals surface area contributed by atoms with Gasteiger partial charge in [0.1, 0.15) is 5.76 Å². The van der Waals surface area contributed by atoms with Gasteiger partial charge in [-0.3, -0.25) is 4.79 Å². The first-order chi connectivity index (χ1) is 6.50. The Balaban J connectivity index is 2.57. The number of amides is 1. The average molecular weight is 268 g/mol. The zero-order chi connectivity index (χ0) is 10.7. The molecule has 0 aliphatic carbocycles. The molecule has 1 amide bonds.